The van der Waals surface area contributed by atoms with Gasteiger partial charge in [0.1, 0.15) is 6.61 Å². The summed E-state index contributed by atoms with van der Waals surface area (Å²) < 4.78 is 31.5. The number of hydrogen-bond acceptors (Lipinski definition) is 2. The third kappa shape index (κ3) is 3.40. The molecule has 1 aliphatic carbocycles. The van der Waals surface area contributed by atoms with Crippen molar-refractivity contribution in [2.45, 2.75) is 31.7 Å². The summed E-state index contributed by atoms with van der Waals surface area (Å²) in [5.74, 6) is -1.57. The molecular formula is C13H17F2NO. The Morgan fingerprint density at radius 1 is 1.18 bits per heavy atom. The van der Waals surface area contributed by atoms with Gasteiger partial charge in [0.05, 0.1) is 0 Å². The second kappa shape index (κ2) is 5.96. The number of benzene rings is 1. The first-order chi connectivity index (χ1) is 8.27. The van der Waals surface area contributed by atoms with Crippen LogP contribution in [-0.4, -0.2) is 19.2 Å². The van der Waals surface area contributed by atoms with Crippen LogP contribution in [0.2, 0.25) is 0 Å². The van der Waals surface area contributed by atoms with Crippen molar-refractivity contribution in [3.8, 4) is 5.75 Å². The van der Waals surface area contributed by atoms with E-state index >= 15 is 0 Å². The van der Waals surface area contributed by atoms with Crippen LogP contribution in [0.15, 0.2) is 18.2 Å². The SMILES string of the molecule is Fc1cccc(F)c1OCCNC1CCCC1. The van der Waals surface area contributed by atoms with Gasteiger partial charge in [0.2, 0.25) is 0 Å². The minimum Gasteiger partial charge on any atom is -0.486 e. The quantitative estimate of drug-likeness (QED) is 0.800. The van der Waals surface area contributed by atoms with Gasteiger partial charge in [-0.15, -0.1) is 0 Å². The normalized spacial score (nSPS) is 16.4. The van der Waals surface area contributed by atoms with Crippen molar-refractivity contribution in [1.82, 2.24) is 5.32 Å². The first-order valence-corrected chi connectivity index (χ1v) is 6.07. The van der Waals surface area contributed by atoms with Crippen LogP contribution < -0.4 is 10.1 Å². The Balaban J connectivity index is 1.74. The van der Waals surface area contributed by atoms with E-state index in [0.717, 1.165) is 0 Å². The summed E-state index contributed by atoms with van der Waals surface area (Å²) in [4.78, 5) is 0. The first kappa shape index (κ1) is 12.3. The molecule has 0 heterocycles. The van der Waals surface area contributed by atoms with E-state index < -0.39 is 11.6 Å². The number of nitrogens with one attached hydrogen (secondary N) is 1. The number of ether oxygens (including phenoxy) is 1. The van der Waals surface area contributed by atoms with Gasteiger partial charge in [-0.2, -0.15) is 0 Å². The van der Waals surface area contributed by atoms with Gasteiger partial charge in [-0.3, -0.25) is 0 Å². The average Bonchev–Trinajstić information content (AvgIpc) is 2.80. The second-order valence-electron chi connectivity index (χ2n) is 4.33. The molecule has 1 saturated carbocycles. The highest BCUT2D eigenvalue weighted by Gasteiger charge is 2.14. The van der Waals surface area contributed by atoms with E-state index in [4.69, 9.17) is 4.74 Å². The van der Waals surface area contributed by atoms with Gasteiger partial charge in [0, 0.05) is 12.6 Å². The van der Waals surface area contributed by atoms with Crippen LogP contribution in [0.25, 0.3) is 0 Å². The molecule has 0 aliphatic heterocycles. The molecule has 94 valence electrons. The summed E-state index contributed by atoms with van der Waals surface area (Å²) in [6.45, 7) is 0.910. The lowest BCUT2D eigenvalue weighted by Crippen LogP contribution is -2.30. The maximum absolute atomic E-state index is 13.2. The standard InChI is InChI=1S/C13H17F2NO/c14-11-6-3-7-12(15)13(11)17-9-8-16-10-4-1-2-5-10/h3,6-7,10,16H,1-2,4-5,8-9H2. The van der Waals surface area contributed by atoms with Crippen molar-refractivity contribution < 1.29 is 13.5 Å². The van der Waals surface area contributed by atoms with Crippen LogP contribution in [0.1, 0.15) is 25.7 Å². The highest BCUT2D eigenvalue weighted by molar-refractivity contribution is 5.25. The predicted molar refractivity (Wildman–Crippen MR) is 62.1 cm³/mol. The summed E-state index contributed by atoms with van der Waals surface area (Å²) in [5.41, 5.74) is 0. The van der Waals surface area contributed by atoms with E-state index in [9.17, 15) is 8.78 Å². The van der Waals surface area contributed by atoms with E-state index in [0.29, 0.717) is 12.6 Å². The van der Waals surface area contributed by atoms with E-state index in [1.807, 2.05) is 0 Å². The molecule has 1 aliphatic rings. The van der Waals surface area contributed by atoms with Gasteiger partial charge in [0.15, 0.2) is 17.4 Å². The Labute approximate surface area is 100.0 Å². The van der Waals surface area contributed by atoms with Crippen LogP contribution >= 0.6 is 0 Å². The maximum Gasteiger partial charge on any atom is 0.190 e. The molecule has 0 atom stereocenters. The van der Waals surface area contributed by atoms with Gasteiger partial charge < -0.3 is 10.1 Å². The summed E-state index contributed by atoms with van der Waals surface area (Å²) in [7, 11) is 0. The largest absolute Gasteiger partial charge is 0.486 e. The van der Waals surface area contributed by atoms with Gasteiger partial charge in [-0.25, -0.2) is 8.78 Å². The summed E-state index contributed by atoms with van der Waals surface area (Å²) in [6.07, 6.45) is 4.91. The molecule has 2 nitrogen and oxygen atoms in total. The smallest absolute Gasteiger partial charge is 0.190 e. The lowest BCUT2D eigenvalue weighted by molar-refractivity contribution is 0.277. The number of halogens is 2. The lowest BCUT2D eigenvalue weighted by atomic mass is 10.2. The summed E-state index contributed by atoms with van der Waals surface area (Å²) in [6, 6.07) is 4.27. The van der Waals surface area contributed by atoms with Crippen molar-refractivity contribution in [2.75, 3.05) is 13.2 Å². The van der Waals surface area contributed by atoms with E-state index in [2.05, 4.69) is 5.32 Å². The zero-order valence-corrected chi connectivity index (χ0v) is 9.72. The molecule has 17 heavy (non-hydrogen) atoms. The molecule has 1 aromatic carbocycles. The fourth-order valence-corrected chi connectivity index (χ4v) is 2.17. The number of hydrogen-bond donors (Lipinski definition) is 1. The van der Waals surface area contributed by atoms with Crippen molar-refractivity contribution in [3.63, 3.8) is 0 Å². The van der Waals surface area contributed by atoms with Gasteiger partial charge in [-0.1, -0.05) is 18.9 Å². The Hall–Kier alpha value is -1.16. The van der Waals surface area contributed by atoms with E-state index in [1.54, 1.807) is 0 Å². The van der Waals surface area contributed by atoms with Gasteiger partial charge in [-0.05, 0) is 25.0 Å². The van der Waals surface area contributed by atoms with Crippen LogP contribution in [0.4, 0.5) is 8.78 Å². The Bertz CT molecular complexity index is 344. The maximum atomic E-state index is 13.2. The van der Waals surface area contributed by atoms with Crippen LogP contribution in [0, 0.1) is 11.6 Å². The molecule has 4 heteroatoms. The lowest BCUT2D eigenvalue weighted by Gasteiger charge is -2.12. The number of rotatable bonds is 5. The molecule has 0 amide bonds. The molecule has 2 rings (SSSR count). The highest BCUT2D eigenvalue weighted by atomic mass is 19.1. The fourth-order valence-electron chi connectivity index (χ4n) is 2.17. The minimum atomic E-state index is -0.647. The third-order valence-electron chi connectivity index (χ3n) is 3.06. The topological polar surface area (TPSA) is 21.3 Å². The van der Waals surface area contributed by atoms with Gasteiger partial charge >= 0.3 is 0 Å². The molecule has 1 N–H and O–H groups in total. The fraction of sp³-hybridized carbons (Fsp3) is 0.538. The Kier molecular flexibility index (Phi) is 4.31. The molecule has 1 aromatic rings. The van der Waals surface area contributed by atoms with Crippen molar-refractivity contribution in [1.29, 1.82) is 0 Å². The van der Waals surface area contributed by atoms with Crippen LogP contribution in [-0.2, 0) is 0 Å². The summed E-state index contributed by atoms with van der Waals surface area (Å²) >= 11 is 0. The first-order valence-electron chi connectivity index (χ1n) is 6.07. The minimum absolute atomic E-state index is 0.277. The molecule has 0 radical (unpaired) electrons. The average molecular weight is 241 g/mol. The predicted octanol–water partition coefficient (Wildman–Crippen LogP) is 2.88. The van der Waals surface area contributed by atoms with E-state index in [1.165, 1.54) is 43.9 Å². The number of para-hydroxylation sites is 1. The molecule has 1 fully saturated rings. The monoisotopic (exact) mass is 241 g/mol. The van der Waals surface area contributed by atoms with Crippen LogP contribution in [0.3, 0.4) is 0 Å². The van der Waals surface area contributed by atoms with Crippen molar-refractivity contribution in [2.24, 2.45) is 0 Å². The molecule has 0 unspecified atom stereocenters. The third-order valence-corrected chi connectivity index (χ3v) is 3.06. The zero-order chi connectivity index (χ0) is 12.1. The zero-order valence-electron chi connectivity index (χ0n) is 9.72. The molecule has 0 saturated heterocycles. The molecule has 0 bridgehead atoms. The highest BCUT2D eigenvalue weighted by Crippen LogP contribution is 2.20. The Morgan fingerprint density at radius 2 is 1.82 bits per heavy atom. The van der Waals surface area contributed by atoms with Gasteiger partial charge in [0.25, 0.3) is 0 Å². The van der Waals surface area contributed by atoms with E-state index in [-0.39, 0.29) is 12.4 Å². The second-order valence-corrected chi connectivity index (χ2v) is 4.33. The molecule has 0 spiro atoms. The van der Waals surface area contributed by atoms with Crippen LogP contribution in [0.5, 0.6) is 5.75 Å². The van der Waals surface area contributed by atoms with Crippen molar-refractivity contribution >= 4 is 0 Å². The van der Waals surface area contributed by atoms with Crippen molar-refractivity contribution in [3.05, 3.63) is 29.8 Å². The Morgan fingerprint density at radius 3 is 2.47 bits per heavy atom. The molecule has 0 aromatic heterocycles. The summed E-state index contributed by atoms with van der Waals surface area (Å²) in [5, 5.41) is 3.32. The molecular weight excluding hydrogens is 224 g/mol.